The van der Waals surface area contributed by atoms with Gasteiger partial charge in [-0.25, -0.2) is 4.98 Å². The van der Waals surface area contributed by atoms with Crippen molar-refractivity contribution in [1.29, 1.82) is 10.5 Å². The third-order valence-corrected chi connectivity index (χ3v) is 1.19. The van der Waals surface area contributed by atoms with Gasteiger partial charge >= 0.3 is 29.2 Å². The summed E-state index contributed by atoms with van der Waals surface area (Å²) >= 11 is 0. The minimum Gasteiger partial charge on any atom is -0.325 e. The number of hydrogen-bond donors (Lipinski definition) is 1. The predicted molar refractivity (Wildman–Crippen MR) is 41.6 cm³/mol. The van der Waals surface area contributed by atoms with Crippen LogP contribution in [0.15, 0.2) is 0 Å². The van der Waals surface area contributed by atoms with Gasteiger partial charge in [-0.2, -0.15) is 23.7 Å². The van der Waals surface area contributed by atoms with Gasteiger partial charge in [0.1, 0.15) is 12.1 Å². The Labute approximate surface area is 92.5 Å². The van der Waals surface area contributed by atoms with E-state index in [0.717, 1.165) is 0 Å². The molecule has 0 aromatic carbocycles. The van der Waals surface area contributed by atoms with E-state index in [-0.39, 0.29) is 23.1 Å². The summed E-state index contributed by atoms with van der Waals surface area (Å²) in [5.74, 6) is -1.33. The summed E-state index contributed by atoms with van der Waals surface area (Å²) in [7, 11) is 0. The molecule has 0 amide bonds. The average Bonchev–Trinajstić information content (AvgIpc) is 2.45. The average molecular weight is 212 g/mol. The maximum atomic E-state index is 11.9. The van der Waals surface area contributed by atoms with E-state index in [9.17, 15) is 13.2 Å². The normalized spacial score (nSPS) is 9.79. The number of hydrogen-bond acceptors (Lipinski definition) is 3. The molecule has 0 aliphatic rings. The molecule has 0 fully saturated rings. The van der Waals surface area contributed by atoms with Crippen molar-refractivity contribution in [2.24, 2.45) is 0 Å². The van der Waals surface area contributed by atoms with Crippen molar-refractivity contribution >= 4 is 23.1 Å². The molecule has 1 aromatic heterocycles. The number of nitriles is 2. The predicted octanol–water partition coefficient (Wildman–Crippen LogP) is 0.256. The second kappa shape index (κ2) is 4.31. The van der Waals surface area contributed by atoms with E-state index in [0.29, 0.717) is 0 Å². The molecule has 1 aromatic rings. The van der Waals surface area contributed by atoms with Crippen molar-refractivity contribution in [1.82, 2.24) is 9.97 Å². The Balaban J connectivity index is 0.00000169. The van der Waals surface area contributed by atoms with Gasteiger partial charge in [-0.15, -0.1) is 0 Å². The highest BCUT2D eigenvalue weighted by Gasteiger charge is 2.35. The molecule has 14 heavy (non-hydrogen) atoms. The fourth-order valence-electron chi connectivity index (χ4n) is 0.669. The lowest BCUT2D eigenvalue weighted by Gasteiger charge is -1.98. The molecule has 1 rings (SSSR count). The van der Waals surface area contributed by atoms with Crippen LogP contribution < -0.4 is 0 Å². The number of aromatic nitrogens is 2. The minimum absolute atomic E-state index is 0. The molecule has 0 aliphatic carbocycles. The van der Waals surface area contributed by atoms with Crippen molar-refractivity contribution in [3.05, 3.63) is 17.2 Å². The van der Waals surface area contributed by atoms with Crippen LogP contribution in [0.3, 0.4) is 0 Å². The summed E-state index contributed by atoms with van der Waals surface area (Å²) in [5, 5.41) is 16.6. The van der Waals surface area contributed by atoms with E-state index in [4.69, 9.17) is 10.5 Å². The van der Waals surface area contributed by atoms with Crippen molar-refractivity contribution in [2.75, 3.05) is 0 Å². The quantitative estimate of drug-likeness (QED) is 0.627. The lowest BCUT2D eigenvalue weighted by atomic mass is 10.4. The maximum Gasteiger partial charge on any atom is 0.449 e. The van der Waals surface area contributed by atoms with Crippen molar-refractivity contribution in [2.45, 2.75) is 6.18 Å². The summed E-state index contributed by atoms with van der Waals surface area (Å²) in [6.07, 6.45) is -4.67. The lowest BCUT2D eigenvalue weighted by molar-refractivity contribution is -0.144. The fraction of sp³-hybridized carbons (Fsp3) is 0.167. The second-order valence-electron chi connectivity index (χ2n) is 2.03. The van der Waals surface area contributed by atoms with Gasteiger partial charge in [0.05, 0.1) is 0 Å². The van der Waals surface area contributed by atoms with E-state index in [1.54, 1.807) is 4.98 Å². The third-order valence-electron chi connectivity index (χ3n) is 1.19. The molecule has 4 nitrogen and oxygen atoms in total. The standard InChI is InChI=1S/C6HF3N4.Mg.2H/c7-6(8,9)5-12-3(1-10)4(2-11)13-5;;;/h(H,12,13);;;. The Hall–Kier alpha value is -1.25. The first-order chi connectivity index (χ1) is 5.99. The highest BCUT2D eigenvalue weighted by molar-refractivity contribution is 5.75. The van der Waals surface area contributed by atoms with Crippen LogP contribution in [0.4, 0.5) is 13.2 Å². The van der Waals surface area contributed by atoms with Gasteiger partial charge in [-0.1, -0.05) is 0 Å². The molecule has 0 spiro atoms. The number of H-pyrrole nitrogens is 1. The van der Waals surface area contributed by atoms with Crippen molar-refractivity contribution in [3.8, 4) is 12.1 Å². The molecule has 0 atom stereocenters. The van der Waals surface area contributed by atoms with Gasteiger partial charge in [-0.05, 0) is 0 Å². The van der Waals surface area contributed by atoms with Gasteiger partial charge < -0.3 is 4.98 Å². The van der Waals surface area contributed by atoms with E-state index in [1.807, 2.05) is 0 Å². The Morgan fingerprint density at radius 3 is 2.07 bits per heavy atom. The molecule has 0 saturated carbocycles. The largest absolute Gasteiger partial charge is 0.449 e. The number of aromatic amines is 1. The zero-order valence-corrected chi connectivity index (χ0v) is 5.98. The molecular weight excluding hydrogens is 209 g/mol. The monoisotopic (exact) mass is 212 g/mol. The molecule has 0 radical (unpaired) electrons. The molecule has 0 aliphatic heterocycles. The highest BCUT2D eigenvalue weighted by atomic mass is 24.3. The molecule has 0 saturated heterocycles. The van der Waals surface area contributed by atoms with Crippen LogP contribution in [0.2, 0.25) is 0 Å². The second-order valence-corrected chi connectivity index (χ2v) is 2.03. The first-order valence-corrected chi connectivity index (χ1v) is 2.96. The minimum atomic E-state index is -4.67. The van der Waals surface area contributed by atoms with E-state index < -0.39 is 23.4 Å². The molecule has 70 valence electrons. The summed E-state index contributed by atoms with van der Waals surface area (Å²) in [6.45, 7) is 0. The van der Waals surface area contributed by atoms with Crippen molar-refractivity contribution in [3.63, 3.8) is 0 Å². The topological polar surface area (TPSA) is 76.3 Å². The summed E-state index contributed by atoms with van der Waals surface area (Å²) in [6, 6.07) is 2.77. The zero-order chi connectivity index (χ0) is 10.1. The van der Waals surface area contributed by atoms with Crippen molar-refractivity contribution < 1.29 is 13.2 Å². The van der Waals surface area contributed by atoms with Crippen LogP contribution in [0.5, 0.6) is 0 Å². The van der Waals surface area contributed by atoms with Crippen LogP contribution in [0, 0.1) is 22.7 Å². The van der Waals surface area contributed by atoms with Gasteiger partial charge in [0.25, 0.3) is 0 Å². The number of nitrogens with zero attached hydrogens (tertiary/aromatic N) is 3. The van der Waals surface area contributed by atoms with Crippen LogP contribution in [0.25, 0.3) is 0 Å². The summed E-state index contributed by atoms with van der Waals surface area (Å²) in [4.78, 5) is 4.61. The van der Waals surface area contributed by atoms with Gasteiger partial charge in [-0.3, -0.25) is 0 Å². The summed E-state index contributed by atoms with van der Waals surface area (Å²) in [5.41, 5.74) is -1.02. The Kier molecular flexibility index (Phi) is 3.92. The number of halogens is 3. The van der Waals surface area contributed by atoms with Gasteiger partial charge in [0, 0.05) is 0 Å². The Morgan fingerprint density at radius 2 is 1.79 bits per heavy atom. The molecule has 1 heterocycles. The fourth-order valence-corrected chi connectivity index (χ4v) is 0.669. The smallest absolute Gasteiger partial charge is 0.325 e. The molecule has 1 N–H and O–H groups in total. The third kappa shape index (κ3) is 2.37. The molecular formula is C6H3F3MgN4. The first-order valence-electron chi connectivity index (χ1n) is 2.96. The number of alkyl halides is 3. The Bertz CT molecular complexity index is 377. The first kappa shape index (κ1) is 12.7. The number of imidazole rings is 1. The molecule has 0 unspecified atom stereocenters. The lowest BCUT2D eigenvalue weighted by Crippen LogP contribution is -2.07. The van der Waals surface area contributed by atoms with E-state index in [1.165, 1.54) is 12.1 Å². The van der Waals surface area contributed by atoms with E-state index >= 15 is 0 Å². The molecule has 0 bridgehead atoms. The number of rotatable bonds is 0. The highest BCUT2D eigenvalue weighted by Crippen LogP contribution is 2.27. The van der Waals surface area contributed by atoms with Crippen LogP contribution >= 0.6 is 0 Å². The van der Waals surface area contributed by atoms with Gasteiger partial charge in [0.2, 0.25) is 5.82 Å². The van der Waals surface area contributed by atoms with E-state index in [2.05, 4.69) is 4.98 Å². The van der Waals surface area contributed by atoms with Crippen LogP contribution in [-0.2, 0) is 6.18 Å². The summed E-state index contributed by atoms with van der Waals surface area (Å²) < 4.78 is 35.8. The zero-order valence-electron chi connectivity index (χ0n) is 5.98. The van der Waals surface area contributed by atoms with Gasteiger partial charge in [0.15, 0.2) is 11.4 Å². The number of nitrogens with one attached hydrogen (secondary N) is 1. The van der Waals surface area contributed by atoms with Crippen LogP contribution in [0.1, 0.15) is 17.2 Å². The maximum absolute atomic E-state index is 11.9. The molecule has 8 heteroatoms. The van der Waals surface area contributed by atoms with Crippen LogP contribution in [-0.4, -0.2) is 33.0 Å². The Morgan fingerprint density at radius 1 is 1.21 bits per heavy atom. The SMILES string of the molecule is N#Cc1nc(C(F)(F)F)[nH]c1C#N.[MgH2].